The van der Waals surface area contributed by atoms with Crippen LogP contribution in [0.15, 0.2) is 24.3 Å². The Morgan fingerprint density at radius 2 is 1.95 bits per heavy atom. The first-order chi connectivity index (χ1) is 10.3. The van der Waals surface area contributed by atoms with E-state index in [1.807, 2.05) is 24.3 Å². The van der Waals surface area contributed by atoms with E-state index in [0.717, 1.165) is 25.0 Å². The fourth-order valence-electron chi connectivity index (χ4n) is 1.69. The second-order valence-electron chi connectivity index (χ2n) is 4.86. The van der Waals surface area contributed by atoms with E-state index in [4.69, 9.17) is 19.9 Å². The lowest BCUT2D eigenvalue weighted by Gasteiger charge is -2.13. The van der Waals surface area contributed by atoms with Gasteiger partial charge in [-0.3, -0.25) is 0 Å². The summed E-state index contributed by atoms with van der Waals surface area (Å²) in [6, 6.07) is 7.53. The Labute approximate surface area is 127 Å². The number of aliphatic hydroxyl groups is 1. The molecule has 1 aromatic carbocycles. The molecule has 0 aliphatic heterocycles. The van der Waals surface area contributed by atoms with Crippen molar-refractivity contribution in [2.45, 2.75) is 32.4 Å². The van der Waals surface area contributed by atoms with Crippen molar-refractivity contribution >= 4 is 0 Å². The average Bonchev–Trinajstić information content (AvgIpc) is 2.52. The Morgan fingerprint density at radius 3 is 2.71 bits per heavy atom. The summed E-state index contributed by atoms with van der Waals surface area (Å²) < 4.78 is 16.2. The smallest absolute Gasteiger partial charge is 0.119 e. The molecule has 0 aliphatic rings. The van der Waals surface area contributed by atoms with Gasteiger partial charge in [0.05, 0.1) is 19.8 Å². The summed E-state index contributed by atoms with van der Waals surface area (Å²) >= 11 is 0. The zero-order valence-electron chi connectivity index (χ0n) is 12.8. The topological polar surface area (TPSA) is 73.9 Å². The van der Waals surface area contributed by atoms with Crippen LogP contribution >= 0.6 is 0 Å². The van der Waals surface area contributed by atoms with Gasteiger partial charge in [0.2, 0.25) is 0 Å². The summed E-state index contributed by atoms with van der Waals surface area (Å²) in [6.07, 6.45) is 1.54. The SMILES string of the molecule is CCCCOCCOCC(O)COc1cccc(CN)c1. The van der Waals surface area contributed by atoms with E-state index < -0.39 is 6.10 Å². The van der Waals surface area contributed by atoms with Crippen LogP contribution in [-0.2, 0) is 16.0 Å². The van der Waals surface area contributed by atoms with Gasteiger partial charge < -0.3 is 25.1 Å². The maximum atomic E-state index is 9.76. The van der Waals surface area contributed by atoms with Gasteiger partial charge in [-0.25, -0.2) is 0 Å². The first kappa shape index (κ1) is 17.9. The second-order valence-corrected chi connectivity index (χ2v) is 4.86. The number of ether oxygens (including phenoxy) is 3. The maximum absolute atomic E-state index is 9.76. The lowest BCUT2D eigenvalue weighted by atomic mass is 10.2. The van der Waals surface area contributed by atoms with Crippen molar-refractivity contribution in [3.05, 3.63) is 29.8 Å². The third-order valence-electron chi connectivity index (χ3n) is 2.90. The number of rotatable bonds is 12. The van der Waals surface area contributed by atoms with Crippen LogP contribution in [-0.4, -0.2) is 44.2 Å². The Hall–Kier alpha value is -1.14. The molecule has 3 N–H and O–H groups in total. The standard InChI is InChI=1S/C16H27NO4/c1-2-3-7-19-8-9-20-12-15(18)13-21-16-6-4-5-14(10-16)11-17/h4-6,10,15,18H,2-3,7-9,11-13,17H2,1H3. The van der Waals surface area contributed by atoms with Crippen molar-refractivity contribution in [3.8, 4) is 5.75 Å². The Kier molecular flexibility index (Phi) is 9.82. The quantitative estimate of drug-likeness (QED) is 0.575. The van der Waals surface area contributed by atoms with E-state index in [1.54, 1.807) is 0 Å². The first-order valence-corrected chi connectivity index (χ1v) is 7.51. The molecule has 5 heteroatoms. The van der Waals surface area contributed by atoms with Crippen LogP contribution in [0.5, 0.6) is 5.75 Å². The van der Waals surface area contributed by atoms with Gasteiger partial charge in [-0.1, -0.05) is 25.5 Å². The van der Waals surface area contributed by atoms with Crippen LogP contribution < -0.4 is 10.5 Å². The highest BCUT2D eigenvalue weighted by Crippen LogP contribution is 2.13. The molecule has 0 aromatic heterocycles. The van der Waals surface area contributed by atoms with Gasteiger partial charge in [0.15, 0.2) is 0 Å². The van der Waals surface area contributed by atoms with Crippen molar-refractivity contribution in [3.63, 3.8) is 0 Å². The molecule has 120 valence electrons. The molecule has 5 nitrogen and oxygen atoms in total. The van der Waals surface area contributed by atoms with Gasteiger partial charge >= 0.3 is 0 Å². The number of unbranched alkanes of at least 4 members (excludes halogenated alkanes) is 1. The third kappa shape index (κ3) is 8.67. The largest absolute Gasteiger partial charge is 0.491 e. The summed E-state index contributed by atoms with van der Waals surface area (Å²) in [5.41, 5.74) is 6.56. The van der Waals surface area contributed by atoms with Crippen LogP contribution in [0.1, 0.15) is 25.3 Å². The van der Waals surface area contributed by atoms with Crippen molar-refractivity contribution in [1.29, 1.82) is 0 Å². The number of nitrogens with two attached hydrogens (primary N) is 1. The fourth-order valence-corrected chi connectivity index (χ4v) is 1.69. The van der Waals surface area contributed by atoms with Gasteiger partial charge in [0.1, 0.15) is 18.5 Å². The summed E-state index contributed by atoms with van der Waals surface area (Å²) in [5.74, 6) is 0.708. The van der Waals surface area contributed by atoms with E-state index in [1.165, 1.54) is 0 Å². The van der Waals surface area contributed by atoms with E-state index in [9.17, 15) is 5.11 Å². The molecule has 0 amide bonds. The van der Waals surface area contributed by atoms with Gasteiger partial charge in [0, 0.05) is 13.2 Å². The summed E-state index contributed by atoms with van der Waals surface area (Å²) in [5, 5.41) is 9.76. The predicted molar refractivity (Wildman–Crippen MR) is 82.4 cm³/mol. The summed E-state index contributed by atoms with van der Waals surface area (Å²) in [6.45, 7) is 4.86. The first-order valence-electron chi connectivity index (χ1n) is 7.51. The predicted octanol–water partition coefficient (Wildman–Crippen LogP) is 1.72. The molecule has 1 atom stereocenters. The molecule has 1 rings (SSSR count). The fraction of sp³-hybridized carbons (Fsp3) is 0.625. The molecule has 0 heterocycles. The maximum Gasteiger partial charge on any atom is 0.119 e. The van der Waals surface area contributed by atoms with Gasteiger partial charge in [-0.15, -0.1) is 0 Å². The Bertz CT molecular complexity index is 373. The lowest BCUT2D eigenvalue weighted by Crippen LogP contribution is -2.24. The number of aliphatic hydroxyl groups excluding tert-OH is 1. The van der Waals surface area contributed by atoms with Gasteiger partial charge in [0.25, 0.3) is 0 Å². The van der Waals surface area contributed by atoms with Crippen LogP contribution in [0.3, 0.4) is 0 Å². The van der Waals surface area contributed by atoms with Crippen LogP contribution in [0, 0.1) is 0 Å². The van der Waals surface area contributed by atoms with Crippen LogP contribution in [0.2, 0.25) is 0 Å². The third-order valence-corrected chi connectivity index (χ3v) is 2.90. The highest BCUT2D eigenvalue weighted by atomic mass is 16.5. The minimum Gasteiger partial charge on any atom is -0.491 e. The molecule has 0 fully saturated rings. The normalized spacial score (nSPS) is 12.3. The van der Waals surface area contributed by atoms with Crippen molar-refractivity contribution in [1.82, 2.24) is 0 Å². The molecule has 0 saturated carbocycles. The molecule has 0 saturated heterocycles. The van der Waals surface area contributed by atoms with E-state index in [2.05, 4.69) is 6.92 Å². The highest BCUT2D eigenvalue weighted by molar-refractivity contribution is 5.28. The molecular formula is C16H27NO4. The van der Waals surface area contributed by atoms with Gasteiger partial charge in [-0.2, -0.15) is 0 Å². The summed E-state index contributed by atoms with van der Waals surface area (Å²) in [4.78, 5) is 0. The zero-order valence-corrected chi connectivity index (χ0v) is 12.8. The molecule has 0 bridgehead atoms. The molecule has 1 aromatic rings. The van der Waals surface area contributed by atoms with Gasteiger partial charge in [-0.05, 0) is 24.1 Å². The second kappa shape index (κ2) is 11.5. The Morgan fingerprint density at radius 1 is 1.14 bits per heavy atom. The molecule has 1 unspecified atom stereocenters. The monoisotopic (exact) mass is 297 g/mol. The zero-order chi connectivity index (χ0) is 15.3. The van der Waals surface area contributed by atoms with E-state index in [0.29, 0.717) is 25.5 Å². The minimum atomic E-state index is -0.651. The van der Waals surface area contributed by atoms with E-state index in [-0.39, 0.29) is 13.2 Å². The lowest BCUT2D eigenvalue weighted by molar-refractivity contribution is -0.0111. The molecule has 0 radical (unpaired) electrons. The molecular weight excluding hydrogens is 270 g/mol. The number of hydrogen-bond donors (Lipinski definition) is 2. The Balaban J connectivity index is 2.06. The van der Waals surface area contributed by atoms with Crippen LogP contribution in [0.4, 0.5) is 0 Å². The molecule has 21 heavy (non-hydrogen) atoms. The number of hydrogen-bond acceptors (Lipinski definition) is 5. The van der Waals surface area contributed by atoms with Crippen molar-refractivity contribution in [2.75, 3.05) is 33.0 Å². The minimum absolute atomic E-state index is 0.199. The highest BCUT2D eigenvalue weighted by Gasteiger charge is 2.06. The average molecular weight is 297 g/mol. The summed E-state index contributed by atoms with van der Waals surface area (Å²) in [7, 11) is 0. The molecule has 0 aliphatic carbocycles. The number of benzene rings is 1. The molecule has 0 spiro atoms. The van der Waals surface area contributed by atoms with Crippen molar-refractivity contribution < 1.29 is 19.3 Å². The van der Waals surface area contributed by atoms with Crippen molar-refractivity contribution in [2.24, 2.45) is 5.73 Å². The van der Waals surface area contributed by atoms with E-state index >= 15 is 0 Å². The van der Waals surface area contributed by atoms with Crippen LogP contribution in [0.25, 0.3) is 0 Å².